The number of aliphatic carboxylic acids is 1. The number of alkyl halides is 1. The summed E-state index contributed by atoms with van der Waals surface area (Å²) in [6, 6.07) is 7.50. The molecule has 0 spiro atoms. The van der Waals surface area contributed by atoms with E-state index in [9.17, 15) is 23.6 Å². The number of halogens is 1. The van der Waals surface area contributed by atoms with Gasteiger partial charge >= 0.3 is 12.1 Å². The Hall–Kier alpha value is -2.97. The molecule has 2 unspecified atom stereocenters. The van der Waals surface area contributed by atoms with Crippen molar-refractivity contribution in [3.8, 4) is 0 Å². The normalized spacial score (nSPS) is 12.7. The van der Waals surface area contributed by atoms with Gasteiger partial charge < -0.3 is 20.5 Å². The largest absolute Gasteiger partial charge is 0.481 e. The maximum Gasteiger partial charge on any atom is 0.408 e. The lowest BCUT2D eigenvalue weighted by Crippen LogP contribution is -2.50. The fourth-order valence-electron chi connectivity index (χ4n) is 2.19. The molecule has 9 heteroatoms. The number of ether oxygens (including phenoxy) is 1. The Morgan fingerprint density at radius 1 is 1.15 bits per heavy atom. The highest BCUT2D eigenvalue weighted by Crippen LogP contribution is 2.09. The zero-order valence-electron chi connectivity index (χ0n) is 15.1. The summed E-state index contributed by atoms with van der Waals surface area (Å²) in [4.78, 5) is 46.6. The summed E-state index contributed by atoms with van der Waals surface area (Å²) in [6.45, 7) is 1.99. The van der Waals surface area contributed by atoms with Crippen LogP contribution in [-0.4, -0.2) is 47.7 Å². The Morgan fingerprint density at radius 2 is 1.78 bits per heavy atom. The maximum absolute atomic E-state index is 12.6. The van der Waals surface area contributed by atoms with Crippen molar-refractivity contribution in [3.63, 3.8) is 0 Å². The second kappa shape index (κ2) is 10.9. The van der Waals surface area contributed by atoms with Gasteiger partial charge in [-0.25, -0.2) is 9.18 Å². The van der Waals surface area contributed by atoms with E-state index in [1.165, 1.54) is 0 Å². The third-order valence-electron chi connectivity index (χ3n) is 3.59. The highest BCUT2D eigenvalue weighted by molar-refractivity contribution is 5.94. The van der Waals surface area contributed by atoms with Crippen LogP contribution in [0.5, 0.6) is 0 Å². The number of hydrogen-bond donors (Lipinski definition) is 3. The van der Waals surface area contributed by atoms with Crippen molar-refractivity contribution >= 4 is 23.8 Å². The summed E-state index contributed by atoms with van der Waals surface area (Å²) in [6.07, 6.45) is -2.89. The molecule has 0 aliphatic heterocycles. The summed E-state index contributed by atoms with van der Waals surface area (Å²) in [5.41, 5.74) is 0.829. The fraction of sp³-hybridized carbons (Fsp3) is 0.444. The fourth-order valence-corrected chi connectivity index (χ4v) is 2.19. The first kappa shape index (κ1) is 22.1. The Morgan fingerprint density at radius 3 is 2.30 bits per heavy atom. The van der Waals surface area contributed by atoms with E-state index in [1.54, 1.807) is 38.1 Å². The van der Waals surface area contributed by atoms with Gasteiger partial charge in [0.15, 0.2) is 11.9 Å². The maximum atomic E-state index is 12.6. The van der Waals surface area contributed by atoms with Crippen LogP contribution in [0, 0.1) is 5.92 Å². The van der Waals surface area contributed by atoms with Crippen LogP contribution in [0.2, 0.25) is 0 Å². The molecule has 0 saturated carbocycles. The minimum absolute atomic E-state index is 0.189. The number of alkyl carbamates (subject to hydrolysis) is 1. The smallest absolute Gasteiger partial charge is 0.408 e. The number of carboxylic acid groups (broad SMARTS) is 1. The molecule has 27 heavy (non-hydrogen) atoms. The van der Waals surface area contributed by atoms with Crippen molar-refractivity contribution < 1.29 is 33.4 Å². The second-order valence-electron chi connectivity index (χ2n) is 6.17. The summed E-state index contributed by atoms with van der Waals surface area (Å²) < 4.78 is 17.7. The van der Waals surface area contributed by atoms with Gasteiger partial charge in [0.1, 0.15) is 12.7 Å². The standard InChI is InChI=1S/C18H23FN2O6/c1-11(2)16(17(25)21-13(8-15(23)24)14(22)9-19)27-18(26)20-10-12-6-4-3-5-7-12/h3-7,11,13,16H,8-10H2,1-2H3,(H,20,26)(H,21,25)(H,23,24). The molecule has 1 aromatic carbocycles. The average molecular weight is 382 g/mol. The number of amides is 2. The molecule has 1 aromatic rings. The van der Waals surface area contributed by atoms with Crippen LogP contribution >= 0.6 is 0 Å². The minimum Gasteiger partial charge on any atom is -0.481 e. The average Bonchev–Trinajstić information content (AvgIpc) is 2.63. The van der Waals surface area contributed by atoms with Gasteiger partial charge in [-0.05, 0) is 11.5 Å². The predicted molar refractivity (Wildman–Crippen MR) is 93.6 cm³/mol. The van der Waals surface area contributed by atoms with Crippen LogP contribution in [0.3, 0.4) is 0 Å². The van der Waals surface area contributed by atoms with E-state index in [4.69, 9.17) is 9.84 Å². The molecule has 0 aliphatic rings. The van der Waals surface area contributed by atoms with E-state index in [0.717, 1.165) is 5.56 Å². The molecule has 0 fully saturated rings. The molecule has 8 nitrogen and oxygen atoms in total. The van der Waals surface area contributed by atoms with E-state index in [0.29, 0.717) is 0 Å². The van der Waals surface area contributed by atoms with Gasteiger partial charge in [0.25, 0.3) is 5.91 Å². The SMILES string of the molecule is CC(C)C(OC(=O)NCc1ccccc1)C(=O)NC(CC(=O)O)C(=O)CF. The third-order valence-corrected chi connectivity index (χ3v) is 3.59. The number of rotatable bonds is 10. The second-order valence-corrected chi connectivity index (χ2v) is 6.17. The summed E-state index contributed by atoms with van der Waals surface area (Å²) in [5.74, 6) is -3.77. The number of ketones is 1. The van der Waals surface area contributed by atoms with Crippen LogP contribution in [0.25, 0.3) is 0 Å². The number of Topliss-reactive ketones (excluding diaryl/α,β-unsaturated/α-hetero) is 1. The zero-order valence-corrected chi connectivity index (χ0v) is 15.1. The highest BCUT2D eigenvalue weighted by atomic mass is 19.1. The van der Waals surface area contributed by atoms with Gasteiger partial charge in [-0.2, -0.15) is 0 Å². The van der Waals surface area contributed by atoms with E-state index < -0.39 is 54.9 Å². The van der Waals surface area contributed by atoms with Gasteiger partial charge in [-0.15, -0.1) is 0 Å². The number of benzene rings is 1. The van der Waals surface area contributed by atoms with Gasteiger partial charge in [0, 0.05) is 6.54 Å². The molecule has 148 valence electrons. The first-order valence-electron chi connectivity index (χ1n) is 8.33. The molecule has 2 amide bonds. The summed E-state index contributed by atoms with van der Waals surface area (Å²) >= 11 is 0. The number of nitrogens with one attached hydrogen (secondary N) is 2. The Balaban J connectivity index is 2.69. The molecule has 0 bridgehead atoms. The molecule has 3 N–H and O–H groups in total. The van der Waals surface area contributed by atoms with Crippen molar-refractivity contribution in [1.82, 2.24) is 10.6 Å². The van der Waals surface area contributed by atoms with Crippen LogP contribution in [-0.2, 0) is 25.7 Å². The molecular weight excluding hydrogens is 359 g/mol. The van der Waals surface area contributed by atoms with Crippen molar-refractivity contribution in [2.45, 2.75) is 39.0 Å². The predicted octanol–water partition coefficient (Wildman–Crippen LogP) is 1.44. The van der Waals surface area contributed by atoms with Crippen molar-refractivity contribution in [3.05, 3.63) is 35.9 Å². The molecule has 1 rings (SSSR count). The zero-order chi connectivity index (χ0) is 20.4. The first-order chi connectivity index (χ1) is 12.7. The summed E-state index contributed by atoms with van der Waals surface area (Å²) in [7, 11) is 0. The lowest BCUT2D eigenvalue weighted by molar-refractivity contribution is -0.141. The first-order valence-corrected chi connectivity index (χ1v) is 8.33. The highest BCUT2D eigenvalue weighted by Gasteiger charge is 2.31. The molecule has 0 radical (unpaired) electrons. The van der Waals surface area contributed by atoms with Gasteiger partial charge in [-0.1, -0.05) is 44.2 Å². The van der Waals surface area contributed by atoms with Crippen molar-refractivity contribution in [2.75, 3.05) is 6.67 Å². The Kier molecular flexibility index (Phi) is 8.91. The molecule has 2 atom stereocenters. The number of carbonyl (C=O) groups is 4. The van der Waals surface area contributed by atoms with Crippen molar-refractivity contribution in [2.24, 2.45) is 5.92 Å². The quantitative estimate of drug-likeness (QED) is 0.563. The Bertz CT molecular complexity index is 665. The van der Waals surface area contributed by atoms with Gasteiger partial charge in [-0.3, -0.25) is 14.4 Å². The number of hydrogen-bond acceptors (Lipinski definition) is 5. The van der Waals surface area contributed by atoms with Crippen LogP contribution in [0.1, 0.15) is 25.8 Å². The monoisotopic (exact) mass is 382 g/mol. The van der Waals surface area contributed by atoms with E-state index >= 15 is 0 Å². The summed E-state index contributed by atoms with van der Waals surface area (Å²) in [5, 5.41) is 13.4. The van der Waals surface area contributed by atoms with E-state index in [1.807, 2.05) is 6.07 Å². The van der Waals surface area contributed by atoms with Crippen molar-refractivity contribution in [1.29, 1.82) is 0 Å². The topological polar surface area (TPSA) is 122 Å². The minimum atomic E-state index is -1.53. The molecule has 0 saturated heterocycles. The van der Waals surface area contributed by atoms with E-state index in [-0.39, 0.29) is 6.54 Å². The van der Waals surface area contributed by atoms with Gasteiger partial charge in [0.2, 0.25) is 0 Å². The van der Waals surface area contributed by atoms with Crippen LogP contribution in [0.4, 0.5) is 9.18 Å². The Labute approximate surface area is 156 Å². The number of carbonyl (C=O) groups excluding carboxylic acids is 3. The lowest BCUT2D eigenvalue weighted by atomic mass is 10.0. The lowest BCUT2D eigenvalue weighted by Gasteiger charge is -2.23. The van der Waals surface area contributed by atoms with Gasteiger partial charge in [0.05, 0.1) is 6.42 Å². The third kappa shape index (κ3) is 7.85. The molecule has 0 aliphatic carbocycles. The number of carboxylic acids is 1. The molecular formula is C18H23FN2O6. The van der Waals surface area contributed by atoms with Crippen LogP contribution in [0.15, 0.2) is 30.3 Å². The van der Waals surface area contributed by atoms with Crippen LogP contribution < -0.4 is 10.6 Å². The molecule has 0 aromatic heterocycles. The van der Waals surface area contributed by atoms with E-state index in [2.05, 4.69) is 10.6 Å². The molecule has 0 heterocycles.